The number of aromatic amines is 1. The monoisotopic (exact) mass is 428 g/mol. The third-order valence-electron chi connectivity index (χ3n) is 4.56. The number of oxazole rings is 1. The summed E-state index contributed by atoms with van der Waals surface area (Å²) in [6.45, 7) is 2.10. The number of hydrogen-bond acceptors (Lipinski definition) is 4. The second-order valence-electron chi connectivity index (χ2n) is 6.51. The van der Waals surface area contributed by atoms with Crippen LogP contribution in [0, 0.1) is 6.92 Å². The number of fused-ring (bicyclic) bond motifs is 1. The van der Waals surface area contributed by atoms with Gasteiger partial charge in [-0.2, -0.15) is 0 Å². The molecule has 6 heteroatoms. The van der Waals surface area contributed by atoms with Crippen molar-refractivity contribution >= 4 is 35.6 Å². The van der Waals surface area contributed by atoms with Crippen molar-refractivity contribution in [2.24, 2.45) is 0 Å². The maximum atomic E-state index is 6.02. The SMILES string of the molecule is Cc1cccnc1[AsH]c1cccc(-c2cnc(-c3ccc4[nH]ccc4c3)o2)n1. The topological polar surface area (TPSA) is 67.6 Å². The minimum atomic E-state index is -0.596. The second-order valence-corrected chi connectivity index (χ2v) is 9.10. The molecule has 1 N–H and O–H groups in total. The van der Waals surface area contributed by atoms with Gasteiger partial charge in [0.1, 0.15) is 0 Å². The summed E-state index contributed by atoms with van der Waals surface area (Å²) in [7, 11) is 0. The zero-order chi connectivity index (χ0) is 18.9. The Hall–Kier alpha value is -3.17. The molecule has 136 valence electrons. The molecule has 5 rings (SSSR count). The van der Waals surface area contributed by atoms with Crippen molar-refractivity contribution in [2.45, 2.75) is 6.92 Å². The molecule has 0 spiro atoms. The van der Waals surface area contributed by atoms with Crippen molar-refractivity contribution in [3.8, 4) is 22.9 Å². The van der Waals surface area contributed by atoms with Gasteiger partial charge in [0, 0.05) is 0 Å². The zero-order valence-corrected chi connectivity index (χ0v) is 17.3. The van der Waals surface area contributed by atoms with Crippen molar-refractivity contribution in [3.05, 3.63) is 78.8 Å². The van der Waals surface area contributed by atoms with E-state index in [4.69, 9.17) is 9.40 Å². The van der Waals surface area contributed by atoms with Gasteiger partial charge in [0.15, 0.2) is 0 Å². The summed E-state index contributed by atoms with van der Waals surface area (Å²) in [5.74, 6) is 1.28. The third kappa shape index (κ3) is 3.25. The fraction of sp³-hybridized carbons (Fsp3) is 0.0455. The third-order valence-corrected chi connectivity index (χ3v) is 7.28. The molecule has 0 bridgehead atoms. The first-order chi connectivity index (χ1) is 13.8. The molecule has 0 saturated carbocycles. The van der Waals surface area contributed by atoms with Gasteiger partial charge >= 0.3 is 169 Å². The van der Waals surface area contributed by atoms with Crippen molar-refractivity contribution in [3.63, 3.8) is 0 Å². The van der Waals surface area contributed by atoms with Gasteiger partial charge < -0.3 is 0 Å². The molecule has 0 aliphatic rings. The Morgan fingerprint density at radius 1 is 1.00 bits per heavy atom. The van der Waals surface area contributed by atoms with Gasteiger partial charge in [0.25, 0.3) is 0 Å². The first kappa shape index (κ1) is 17.0. The van der Waals surface area contributed by atoms with E-state index in [1.54, 1.807) is 6.20 Å². The number of pyridine rings is 2. The van der Waals surface area contributed by atoms with Gasteiger partial charge in [-0.3, -0.25) is 0 Å². The Balaban J connectivity index is 1.44. The summed E-state index contributed by atoms with van der Waals surface area (Å²) in [4.78, 5) is 17.0. The van der Waals surface area contributed by atoms with Gasteiger partial charge in [-0.15, -0.1) is 0 Å². The van der Waals surface area contributed by atoms with Crippen LogP contribution in [0.2, 0.25) is 0 Å². The average Bonchev–Trinajstić information content (AvgIpc) is 3.39. The van der Waals surface area contributed by atoms with Crippen molar-refractivity contribution in [2.75, 3.05) is 0 Å². The van der Waals surface area contributed by atoms with Crippen LogP contribution >= 0.6 is 0 Å². The van der Waals surface area contributed by atoms with E-state index < -0.39 is 15.8 Å². The van der Waals surface area contributed by atoms with Crippen LogP contribution in [0.4, 0.5) is 0 Å². The summed E-state index contributed by atoms with van der Waals surface area (Å²) in [5, 5.41) is 1.13. The predicted octanol–water partition coefficient (Wildman–Crippen LogP) is 2.98. The zero-order valence-electron chi connectivity index (χ0n) is 15.2. The fourth-order valence-corrected chi connectivity index (χ4v) is 5.23. The summed E-state index contributed by atoms with van der Waals surface area (Å²) in [5.41, 5.74) is 4.07. The molecule has 0 saturated heterocycles. The Kier molecular flexibility index (Phi) is 4.30. The van der Waals surface area contributed by atoms with E-state index in [1.807, 2.05) is 48.8 Å². The predicted molar refractivity (Wildman–Crippen MR) is 112 cm³/mol. The van der Waals surface area contributed by atoms with Gasteiger partial charge in [-0.1, -0.05) is 0 Å². The average molecular weight is 428 g/mol. The van der Waals surface area contributed by atoms with Crippen LogP contribution in [0.3, 0.4) is 0 Å². The molecular formula is C22H17AsN4O. The molecule has 4 heterocycles. The maximum absolute atomic E-state index is 6.02. The number of hydrogen-bond donors (Lipinski definition) is 1. The Morgan fingerprint density at radius 3 is 2.89 bits per heavy atom. The molecule has 5 nitrogen and oxygen atoms in total. The molecular weight excluding hydrogens is 411 g/mol. The van der Waals surface area contributed by atoms with E-state index >= 15 is 0 Å². The van der Waals surface area contributed by atoms with Crippen LogP contribution in [0.1, 0.15) is 5.56 Å². The molecule has 0 aliphatic carbocycles. The fourth-order valence-electron chi connectivity index (χ4n) is 3.09. The Bertz CT molecular complexity index is 1270. The van der Waals surface area contributed by atoms with Crippen LogP contribution < -0.4 is 8.96 Å². The molecule has 28 heavy (non-hydrogen) atoms. The van der Waals surface area contributed by atoms with Crippen LogP contribution in [0.25, 0.3) is 33.8 Å². The van der Waals surface area contributed by atoms with Gasteiger partial charge in [0.2, 0.25) is 0 Å². The number of rotatable bonds is 4. The van der Waals surface area contributed by atoms with Crippen molar-refractivity contribution in [1.82, 2.24) is 19.9 Å². The van der Waals surface area contributed by atoms with Gasteiger partial charge in [-0.25, -0.2) is 0 Å². The second kappa shape index (κ2) is 7.10. The number of aryl methyl sites for hydroxylation is 1. The van der Waals surface area contributed by atoms with E-state index in [9.17, 15) is 0 Å². The Labute approximate surface area is 168 Å². The summed E-state index contributed by atoms with van der Waals surface area (Å²) in [6.07, 6.45) is 5.52. The van der Waals surface area contributed by atoms with Crippen molar-refractivity contribution in [1.29, 1.82) is 0 Å². The van der Waals surface area contributed by atoms with E-state index in [0.717, 1.165) is 31.1 Å². The summed E-state index contributed by atoms with van der Waals surface area (Å²) < 4.78 is 8.26. The molecule has 1 atom stereocenters. The van der Waals surface area contributed by atoms with Crippen LogP contribution in [0.15, 0.2) is 77.6 Å². The van der Waals surface area contributed by atoms with E-state index in [0.29, 0.717) is 11.7 Å². The molecule has 1 unspecified atom stereocenters. The number of nitrogens with zero attached hydrogens (tertiary/aromatic N) is 3. The number of nitrogens with one attached hydrogen (secondary N) is 1. The van der Waals surface area contributed by atoms with E-state index in [2.05, 4.69) is 40.1 Å². The molecule has 0 radical (unpaired) electrons. The molecule has 0 amide bonds. The van der Waals surface area contributed by atoms with Gasteiger partial charge in [-0.05, 0) is 0 Å². The van der Waals surface area contributed by atoms with Crippen molar-refractivity contribution < 1.29 is 4.42 Å². The Morgan fingerprint density at radius 2 is 1.96 bits per heavy atom. The van der Waals surface area contributed by atoms with Gasteiger partial charge in [0.05, 0.1) is 0 Å². The molecule has 5 aromatic rings. The standard InChI is InChI=1S/C22H17AsN4O/c1-14-4-3-10-25-21(14)23-20-6-2-5-18(27-20)19-13-26-22(28-19)16-7-8-17-15(12-16)9-11-24-17/h2-13,23-24H,1H3. The van der Waals surface area contributed by atoms with E-state index in [-0.39, 0.29) is 0 Å². The van der Waals surface area contributed by atoms with Crippen LogP contribution in [-0.4, -0.2) is 35.7 Å². The number of benzene rings is 1. The van der Waals surface area contributed by atoms with Crippen LogP contribution in [-0.2, 0) is 0 Å². The molecule has 0 fully saturated rings. The number of aromatic nitrogens is 4. The molecule has 1 aromatic carbocycles. The summed E-state index contributed by atoms with van der Waals surface area (Å²) >= 11 is -0.596. The van der Waals surface area contributed by atoms with E-state index in [1.165, 1.54) is 5.56 Å². The molecule has 4 aromatic heterocycles. The first-order valence-corrected chi connectivity index (χ1v) is 11.1. The molecule has 0 aliphatic heterocycles. The quantitative estimate of drug-likeness (QED) is 0.447. The summed E-state index contributed by atoms with van der Waals surface area (Å²) in [6, 6.07) is 18.3. The van der Waals surface area contributed by atoms with Crippen LogP contribution in [0.5, 0.6) is 0 Å². The first-order valence-electron chi connectivity index (χ1n) is 8.96. The number of H-pyrrole nitrogens is 1. The minimum absolute atomic E-state index is 0.596. The normalized spacial score (nSPS) is 11.6.